The van der Waals surface area contributed by atoms with Crippen molar-refractivity contribution in [1.82, 2.24) is 15.8 Å². The van der Waals surface area contributed by atoms with Crippen molar-refractivity contribution in [3.8, 4) is 0 Å². The van der Waals surface area contributed by atoms with E-state index in [0.717, 1.165) is 5.39 Å². The van der Waals surface area contributed by atoms with Gasteiger partial charge in [0.2, 0.25) is 17.7 Å². The molecule has 2 aromatic rings. The van der Waals surface area contributed by atoms with E-state index in [0.29, 0.717) is 11.3 Å². The number of hydrogen-bond acceptors (Lipinski definition) is 5. The Balaban J connectivity index is 2.07. The summed E-state index contributed by atoms with van der Waals surface area (Å²) in [6, 6.07) is 6.12. The molecule has 0 fully saturated rings. The van der Waals surface area contributed by atoms with Crippen LogP contribution in [0.1, 0.15) is 12.1 Å². The maximum Gasteiger partial charge on any atom is 0.242 e. The number of fused-ring (bicyclic) bond motifs is 1. The molecule has 0 bridgehead atoms. The highest BCUT2D eigenvalue weighted by molar-refractivity contribution is 5.93. The van der Waals surface area contributed by atoms with E-state index in [1.807, 2.05) is 0 Å². The molecule has 0 aliphatic rings. The Morgan fingerprint density at radius 2 is 2.05 bits per heavy atom. The number of primary amides is 1. The maximum absolute atomic E-state index is 12.0. The second-order valence-electron chi connectivity index (χ2n) is 4.71. The van der Waals surface area contributed by atoms with Gasteiger partial charge in [0.05, 0.1) is 12.8 Å². The standard InChI is InChI=1S/C14H16N4O4/c1-16-14(21)10(6-12(15)19)17-13(20)7-9-8-4-2-3-5-11(8)22-18-9/h2-5,10H,6-7H2,1H3,(H2,15,19)(H,16,21)(H,17,20)/t10-/m0/s1. The highest BCUT2D eigenvalue weighted by Gasteiger charge is 2.22. The van der Waals surface area contributed by atoms with Crippen LogP contribution in [0.3, 0.4) is 0 Å². The molecule has 0 spiro atoms. The normalized spacial score (nSPS) is 11.9. The van der Waals surface area contributed by atoms with Gasteiger partial charge in [0.15, 0.2) is 5.58 Å². The van der Waals surface area contributed by atoms with Crippen LogP contribution < -0.4 is 16.4 Å². The summed E-state index contributed by atoms with van der Waals surface area (Å²) in [5.74, 6) is -1.62. The average Bonchev–Trinajstić information content (AvgIpc) is 2.88. The third-order valence-corrected chi connectivity index (χ3v) is 3.08. The second-order valence-corrected chi connectivity index (χ2v) is 4.71. The highest BCUT2D eigenvalue weighted by Crippen LogP contribution is 2.18. The van der Waals surface area contributed by atoms with Gasteiger partial charge >= 0.3 is 0 Å². The number of para-hydroxylation sites is 1. The highest BCUT2D eigenvalue weighted by atomic mass is 16.5. The number of benzene rings is 1. The predicted octanol–water partition coefficient (Wildman–Crippen LogP) is -0.523. The van der Waals surface area contributed by atoms with Gasteiger partial charge in [-0.1, -0.05) is 17.3 Å². The van der Waals surface area contributed by atoms with Gasteiger partial charge in [0.25, 0.3) is 0 Å². The van der Waals surface area contributed by atoms with Crippen molar-refractivity contribution in [1.29, 1.82) is 0 Å². The lowest BCUT2D eigenvalue weighted by Crippen LogP contribution is -2.48. The summed E-state index contributed by atoms with van der Waals surface area (Å²) in [6.07, 6.45) is -0.339. The molecule has 8 nitrogen and oxygen atoms in total. The molecule has 22 heavy (non-hydrogen) atoms. The zero-order chi connectivity index (χ0) is 16.1. The minimum Gasteiger partial charge on any atom is -0.370 e. The number of amides is 3. The number of carbonyl (C=O) groups is 3. The molecule has 1 aromatic carbocycles. The maximum atomic E-state index is 12.0. The second kappa shape index (κ2) is 6.70. The number of nitrogens with one attached hydrogen (secondary N) is 2. The molecule has 1 atom stereocenters. The van der Waals surface area contributed by atoms with E-state index in [4.69, 9.17) is 10.3 Å². The first-order chi connectivity index (χ1) is 10.5. The Bertz CT molecular complexity index is 710. The molecule has 1 aromatic heterocycles. The molecule has 0 aliphatic heterocycles. The van der Waals surface area contributed by atoms with Crippen LogP contribution in [0.25, 0.3) is 11.0 Å². The van der Waals surface area contributed by atoms with Crippen molar-refractivity contribution in [2.75, 3.05) is 7.05 Å². The van der Waals surface area contributed by atoms with E-state index >= 15 is 0 Å². The third-order valence-electron chi connectivity index (χ3n) is 3.08. The van der Waals surface area contributed by atoms with E-state index < -0.39 is 23.8 Å². The van der Waals surface area contributed by atoms with E-state index in [2.05, 4.69) is 15.8 Å². The van der Waals surface area contributed by atoms with Gasteiger partial charge in [-0.05, 0) is 12.1 Å². The van der Waals surface area contributed by atoms with Crippen LogP contribution in [0.4, 0.5) is 0 Å². The number of aromatic nitrogens is 1. The molecule has 4 N–H and O–H groups in total. The fourth-order valence-corrected chi connectivity index (χ4v) is 2.05. The first-order valence-electron chi connectivity index (χ1n) is 6.63. The number of hydrogen-bond donors (Lipinski definition) is 3. The number of rotatable bonds is 6. The summed E-state index contributed by atoms with van der Waals surface area (Å²) in [5.41, 5.74) is 6.11. The zero-order valence-corrected chi connectivity index (χ0v) is 12.0. The largest absolute Gasteiger partial charge is 0.370 e. The lowest BCUT2D eigenvalue weighted by molar-refractivity contribution is -0.130. The minimum absolute atomic E-state index is 0.0662. The molecule has 1 heterocycles. The average molecular weight is 304 g/mol. The molecule has 0 saturated carbocycles. The van der Waals surface area contributed by atoms with Gasteiger partial charge in [0, 0.05) is 12.4 Å². The fraction of sp³-hybridized carbons (Fsp3) is 0.286. The van der Waals surface area contributed by atoms with Crippen LogP contribution in [-0.2, 0) is 20.8 Å². The molecular formula is C14H16N4O4. The summed E-state index contributed by atoms with van der Waals surface area (Å²) in [4.78, 5) is 34.6. The lowest BCUT2D eigenvalue weighted by atomic mass is 10.1. The van der Waals surface area contributed by atoms with Crippen molar-refractivity contribution in [3.05, 3.63) is 30.0 Å². The predicted molar refractivity (Wildman–Crippen MR) is 77.5 cm³/mol. The van der Waals surface area contributed by atoms with Crippen molar-refractivity contribution >= 4 is 28.7 Å². The van der Waals surface area contributed by atoms with Gasteiger partial charge in [-0.3, -0.25) is 14.4 Å². The van der Waals surface area contributed by atoms with Crippen LogP contribution in [0.15, 0.2) is 28.8 Å². The van der Waals surface area contributed by atoms with E-state index in [-0.39, 0.29) is 12.8 Å². The first kappa shape index (κ1) is 15.5. The lowest BCUT2D eigenvalue weighted by Gasteiger charge is -2.15. The summed E-state index contributed by atoms with van der Waals surface area (Å²) in [6.45, 7) is 0. The van der Waals surface area contributed by atoms with E-state index in [9.17, 15) is 14.4 Å². The Hall–Kier alpha value is -2.90. The summed E-state index contributed by atoms with van der Waals surface area (Å²) in [7, 11) is 1.41. The molecule has 0 aliphatic carbocycles. The van der Waals surface area contributed by atoms with Gasteiger partial charge in [-0.15, -0.1) is 0 Å². The van der Waals surface area contributed by atoms with Gasteiger partial charge in [0.1, 0.15) is 11.7 Å². The number of nitrogens with two attached hydrogens (primary N) is 1. The van der Waals surface area contributed by atoms with Gasteiger partial charge in [-0.2, -0.15) is 0 Å². The van der Waals surface area contributed by atoms with Gasteiger partial charge in [-0.25, -0.2) is 0 Å². The van der Waals surface area contributed by atoms with Crippen LogP contribution in [-0.4, -0.2) is 36.0 Å². The summed E-state index contributed by atoms with van der Waals surface area (Å²) >= 11 is 0. The molecule has 116 valence electrons. The van der Waals surface area contributed by atoms with Crippen molar-refractivity contribution in [2.24, 2.45) is 5.73 Å². The van der Waals surface area contributed by atoms with Gasteiger partial charge < -0.3 is 20.9 Å². The van der Waals surface area contributed by atoms with Crippen LogP contribution in [0.5, 0.6) is 0 Å². The Kier molecular flexibility index (Phi) is 4.72. The summed E-state index contributed by atoms with van der Waals surface area (Å²) < 4.78 is 5.10. The van der Waals surface area contributed by atoms with Crippen LogP contribution >= 0.6 is 0 Å². The number of carbonyl (C=O) groups excluding carboxylic acids is 3. The number of nitrogens with zero attached hydrogens (tertiary/aromatic N) is 1. The molecular weight excluding hydrogens is 288 g/mol. The van der Waals surface area contributed by atoms with Crippen molar-refractivity contribution in [3.63, 3.8) is 0 Å². The molecule has 3 amide bonds. The summed E-state index contributed by atoms with van der Waals surface area (Å²) in [5, 5.41) is 9.40. The smallest absolute Gasteiger partial charge is 0.242 e. The van der Waals surface area contributed by atoms with E-state index in [1.165, 1.54) is 7.05 Å². The molecule has 0 unspecified atom stereocenters. The van der Waals surface area contributed by atoms with Crippen LogP contribution in [0.2, 0.25) is 0 Å². The molecule has 0 radical (unpaired) electrons. The monoisotopic (exact) mass is 304 g/mol. The van der Waals surface area contributed by atoms with Crippen LogP contribution in [0, 0.1) is 0 Å². The Morgan fingerprint density at radius 1 is 1.32 bits per heavy atom. The minimum atomic E-state index is -1.01. The van der Waals surface area contributed by atoms with E-state index in [1.54, 1.807) is 24.3 Å². The zero-order valence-electron chi connectivity index (χ0n) is 12.0. The molecule has 2 rings (SSSR count). The molecule has 8 heteroatoms. The number of likely N-dealkylation sites (N-methyl/N-ethyl adjacent to an activating group) is 1. The molecule has 0 saturated heterocycles. The first-order valence-corrected chi connectivity index (χ1v) is 6.63. The topological polar surface area (TPSA) is 127 Å². The Morgan fingerprint density at radius 3 is 2.73 bits per heavy atom. The van der Waals surface area contributed by atoms with Crippen molar-refractivity contribution in [2.45, 2.75) is 18.9 Å². The third kappa shape index (κ3) is 3.60. The fourth-order valence-electron chi connectivity index (χ4n) is 2.05. The van der Waals surface area contributed by atoms with Crippen molar-refractivity contribution < 1.29 is 18.9 Å². The Labute approximate surface area is 126 Å². The quantitative estimate of drug-likeness (QED) is 0.661. The SMILES string of the molecule is CNC(=O)[C@H](CC(N)=O)NC(=O)Cc1noc2ccccc12.